The maximum Gasteiger partial charge on any atom is 0.180 e. The van der Waals surface area contributed by atoms with Crippen LogP contribution in [0.15, 0.2) is 24.3 Å². The van der Waals surface area contributed by atoms with Gasteiger partial charge >= 0.3 is 0 Å². The van der Waals surface area contributed by atoms with Gasteiger partial charge < -0.3 is 11.1 Å². The van der Waals surface area contributed by atoms with Gasteiger partial charge in [-0.1, -0.05) is 38.1 Å². The third-order valence-corrected chi connectivity index (χ3v) is 5.15. The summed E-state index contributed by atoms with van der Waals surface area (Å²) in [7, 11) is 0. The molecule has 112 valence electrons. The lowest BCUT2D eigenvalue weighted by atomic mass is 9.97. The molecule has 1 atom stereocenters. The summed E-state index contributed by atoms with van der Waals surface area (Å²) in [6.45, 7) is 5.40. The fourth-order valence-corrected chi connectivity index (χ4v) is 3.81. The molecule has 0 saturated heterocycles. The predicted octanol–water partition coefficient (Wildman–Crippen LogP) is 3.50. The topological polar surface area (TPSA) is 50.9 Å². The lowest BCUT2D eigenvalue weighted by molar-refractivity contribution is 0.458. The molecule has 1 aliphatic rings. The molecule has 3 N–H and O–H groups in total. The van der Waals surface area contributed by atoms with Gasteiger partial charge in [0.25, 0.3) is 0 Å². The molecule has 0 spiro atoms. The largest absolute Gasteiger partial charge is 0.375 e. The van der Waals surface area contributed by atoms with Crippen molar-refractivity contribution < 1.29 is 0 Å². The number of nitrogen functional groups attached to an aromatic ring is 1. The number of aromatic nitrogens is 1. The molecule has 21 heavy (non-hydrogen) atoms. The zero-order chi connectivity index (χ0) is 14.8. The highest BCUT2D eigenvalue weighted by Crippen LogP contribution is 2.28. The van der Waals surface area contributed by atoms with Gasteiger partial charge in [0.2, 0.25) is 0 Å². The molecule has 0 radical (unpaired) electrons. The summed E-state index contributed by atoms with van der Waals surface area (Å²) in [5, 5.41) is 4.39. The van der Waals surface area contributed by atoms with Crippen molar-refractivity contribution in [3.05, 3.63) is 46.0 Å². The van der Waals surface area contributed by atoms with E-state index in [4.69, 9.17) is 5.73 Å². The summed E-state index contributed by atoms with van der Waals surface area (Å²) in [6, 6.07) is 9.50. The van der Waals surface area contributed by atoms with Gasteiger partial charge in [0.1, 0.15) is 0 Å². The third-order valence-electron chi connectivity index (χ3n) is 4.20. The van der Waals surface area contributed by atoms with Crippen molar-refractivity contribution in [3.63, 3.8) is 0 Å². The van der Waals surface area contributed by atoms with E-state index in [1.165, 1.54) is 21.7 Å². The Morgan fingerprint density at radius 2 is 2.10 bits per heavy atom. The van der Waals surface area contributed by atoms with Crippen LogP contribution < -0.4 is 11.1 Å². The molecule has 3 rings (SSSR count). The molecule has 0 amide bonds. The van der Waals surface area contributed by atoms with Crippen molar-refractivity contribution in [2.45, 2.75) is 51.6 Å². The van der Waals surface area contributed by atoms with E-state index in [0.29, 0.717) is 17.1 Å². The number of thiazole rings is 1. The van der Waals surface area contributed by atoms with Crippen LogP contribution in [0.25, 0.3) is 0 Å². The van der Waals surface area contributed by atoms with Gasteiger partial charge in [0.05, 0.1) is 5.69 Å². The molecule has 0 saturated carbocycles. The second kappa shape index (κ2) is 6.16. The number of nitrogens with zero attached hydrogens (tertiary/aromatic N) is 1. The molecule has 1 heterocycles. The molecule has 3 nitrogen and oxygen atoms in total. The molecule has 4 heteroatoms. The standard InChI is InChI=1S/C17H23N3S/c1-11(2)13-5-3-12(4-6-13)10-19-14-7-8-15-16(9-14)21-17(18)20-15/h3-6,11,14,19H,7-10H2,1-2H3,(H2,18,20). The Balaban J connectivity index is 1.56. The highest BCUT2D eigenvalue weighted by atomic mass is 32.1. The number of aryl methyl sites for hydroxylation is 1. The zero-order valence-corrected chi connectivity index (χ0v) is 13.5. The number of benzene rings is 1. The number of anilines is 1. The first kappa shape index (κ1) is 14.5. The highest BCUT2D eigenvalue weighted by molar-refractivity contribution is 7.15. The minimum atomic E-state index is 0.544. The van der Waals surface area contributed by atoms with Crippen LogP contribution in [0, 0.1) is 0 Å². The van der Waals surface area contributed by atoms with Gasteiger partial charge in [-0.15, -0.1) is 11.3 Å². The van der Waals surface area contributed by atoms with Gasteiger partial charge in [0.15, 0.2) is 5.13 Å². The number of nitrogens with two attached hydrogens (primary N) is 1. The second-order valence-electron chi connectivity index (χ2n) is 6.14. The lowest BCUT2D eigenvalue weighted by Crippen LogP contribution is -2.33. The molecule has 1 aromatic heterocycles. The molecular weight excluding hydrogens is 278 g/mol. The summed E-state index contributed by atoms with van der Waals surface area (Å²) >= 11 is 1.65. The van der Waals surface area contributed by atoms with Crippen LogP contribution in [-0.2, 0) is 19.4 Å². The Morgan fingerprint density at radius 1 is 1.33 bits per heavy atom. The Hall–Kier alpha value is -1.39. The van der Waals surface area contributed by atoms with Crippen molar-refractivity contribution in [3.8, 4) is 0 Å². The van der Waals surface area contributed by atoms with E-state index in [2.05, 4.69) is 48.4 Å². The van der Waals surface area contributed by atoms with Crippen molar-refractivity contribution in [1.29, 1.82) is 0 Å². The van der Waals surface area contributed by atoms with E-state index in [0.717, 1.165) is 25.8 Å². The summed E-state index contributed by atoms with van der Waals surface area (Å²) in [6.07, 6.45) is 3.27. The summed E-state index contributed by atoms with van der Waals surface area (Å²) in [5.74, 6) is 0.598. The lowest BCUT2D eigenvalue weighted by Gasteiger charge is -2.22. The fraction of sp³-hybridized carbons (Fsp3) is 0.471. The molecule has 0 fully saturated rings. The Kier molecular flexibility index (Phi) is 4.27. The van der Waals surface area contributed by atoms with E-state index in [-0.39, 0.29) is 0 Å². The molecule has 1 aliphatic carbocycles. The van der Waals surface area contributed by atoms with Crippen LogP contribution in [0.3, 0.4) is 0 Å². The quantitative estimate of drug-likeness (QED) is 0.909. The zero-order valence-electron chi connectivity index (χ0n) is 12.7. The van der Waals surface area contributed by atoms with Crippen LogP contribution in [0.1, 0.15) is 47.9 Å². The maximum absolute atomic E-state index is 5.79. The minimum absolute atomic E-state index is 0.544. The average Bonchev–Trinajstić information content (AvgIpc) is 2.84. The first-order valence-corrected chi connectivity index (χ1v) is 8.49. The van der Waals surface area contributed by atoms with Gasteiger partial charge in [-0.2, -0.15) is 0 Å². The molecular formula is C17H23N3S. The predicted molar refractivity (Wildman–Crippen MR) is 89.7 cm³/mol. The van der Waals surface area contributed by atoms with Gasteiger partial charge in [-0.3, -0.25) is 0 Å². The third kappa shape index (κ3) is 3.44. The number of fused-ring (bicyclic) bond motifs is 1. The molecule has 0 bridgehead atoms. The molecule has 2 aromatic rings. The number of hydrogen-bond acceptors (Lipinski definition) is 4. The SMILES string of the molecule is CC(C)c1ccc(CNC2CCc3nc(N)sc3C2)cc1. The monoisotopic (exact) mass is 301 g/mol. The van der Waals surface area contributed by atoms with Crippen molar-refractivity contribution in [2.24, 2.45) is 0 Å². The van der Waals surface area contributed by atoms with Gasteiger partial charge in [-0.25, -0.2) is 4.98 Å². The van der Waals surface area contributed by atoms with Crippen LogP contribution >= 0.6 is 11.3 Å². The number of hydrogen-bond donors (Lipinski definition) is 2. The highest BCUT2D eigenvalue weighted by Gasteiger charge is 2.21. The number of nitrogens with one attached hydrogen (secondary N) is 1. The van der Waals surface area contributed by atoms with E-state index in [9.17, 15) is 0 Å². The van der Waals surface area contributed by atoms with Crippen molar-refractivity contribution in [2.75, 3.05) is 5.73 Å². The van der Waals surface area contributed by atoms with Gasteiger partial charge in [-0.05, 0) is 36.3 Å². The summed E-state index contributed by atoms with van der Waals surface area (Å²) in [4.78, 5) is 5.77. The molecule has 1 unspecified atom stereocenters. The van der Waals surface area contributed by atoms with Crippen molar-refractivity contribution >= 4 is 16.5 Å². The van der Waals surface area contributed by atoms with E-state index >= 15 is 0 Å². The number of rotatable bonds is 4. The summed E-state index contributed by atoms with van der Waals surface area (Å²) in [5.41, 5.74) is 9.77. The fourth-order valence-electron chi connectivity index (χ4n) is 2.85. The van der Waals surface area contributed by atoms with Crippen LogP contribution in [0.4, 0.5) is 5.13 Å². The van der Waals surface area contributed by atoms with Crippen LogP contribution in [0.5, 0.6) is 0 Å². The molecule has 0 aliphatic heterocycles. The normalized spacial score (nSPS) is 18.0. The minimum Gasteiger partial charge on any atom is -0.375 e. The molecule has 1 aromatic carbocycles. The maximum atomic E-state index is 5.79. The Bertz CT molecular complexity index is 601. The van der Waals surface area contributed by atoms with Crippen LogP contribution in [0.2, 0.25) is 0 Å². The first-order chi connectivity index (χ1) is 10.1. The Morgan fingerprint density at radius 3 is 2.81 bits per heavy atom. The second-order valence-corrected chi connectivity index (χ2v) is 7.25. The summed E-state index contributed by atoms with van der Waals surface area (Å²) < 4.78 is 0. The smallest absolute Gasteiger partial charge is 0.180 e. The average molecular weight is 301 g/mol. The van der Waals surface area contributed by atoms with E-state index in [1.54, 1.807) is 11.3 Å². The van der Waals surface area contributed by atoms with Crippen molar-refractivity contribution in [1.82, 2.24) is 10.3 Å². The van der Waals surface area contributed by atoms with E-state index in [1.807, 2.05) is 0 Å². The van der Waals surface area contributed by atoms with E-state index < -0.39 is 0 Å². The van der Waals surface area contributed by atoms with Crippen LogP contribution in [-0.4, -0.2) is 11.0 Å². The Labute approximate surface area is 130 Å². The first-order valence-electron chi connectivity index (χ1n) is 7.68. The van der Waals surface area contributed by atoms with Gasteiger partial charge in [0, 0.05) is 17.5 Å².